The minimum atomic E-state index is -4.36. The molecule has 0 bridgehead atoms. The van der Waals surface area contributed by atoms with E-state index in [0.29, 0.717) is 6.42 Å². The molecule has 1 aliphatic heterocycles. The van der Waals surface area contributed by atoms with E-state index in [1.807, 2.05) is 13.8 Å². The van der Waals surface area contributed by atoms with Crippen LogP contribution in [-0.4, -0.2) is 23.3 Å². The summed E-state index contributed by atoms with van der Waals surface area (Å²) < 4.78 is 52.2. The molecule has 0 aromatic heterocycles. The average molecular weight is 430 g/mol. The van der Waals surface area contributed by atoms with Crippen molar-refractivity contribution in [2.24, 2.45) is 5.92 Å². The van der Waals surface area contributed by atoms with E-state index in [1.165, 1.54) is 17.7 Å². The summed E-state index contributed by atoms with van der Waals surface area (Å²) in [5, 5.41) is 0. The van der Waals surface area contributed by atoms with Crippen molar-refractivity contribution in [2.75, 3.05) is 0 Å². The summed E-state index contributed by atoms with van der Waals surface area (Å²) in [4.78, 5) is 13.1. The van der Waals surface area contributed by atoms with Crippen LogP contribution in [0.25, 0.3) is 0 Å². The van der Waals surface area contributed by atoms with Crippen LogP contribution in [0, 0.1) is 5.92 Å². The SMILES string of the molecule is CC1(C)O[C@H]2C3=C4[C@@H](CCC[C@@]42O1)[C@H](c1ccc(C(F)(F)F)cc1)C1=C3C(=O)CCC1. The lowest BCUT2D eigenvalue weighted by molar-refractivity contribution is -0.157. The predicted octanol–water partition coefficient (Wildman–Crippen LogP) is 5.85. The van der Waals surface area contributed by atoms with E-state index in [4.69, 9.17) is 9.47 Å². The number of halogens is 3. The van der Waals surface area contributed by atoms with E-state index in [2.05, 4.69) is 0 Å². The summed E-state index contributed by atoms with van der Waals surface area (Å²) in [6.45, 7) is 3.84. The molecule has 164 valence electrons. The number of alkyl halides is 3. The highest BCUT2D eigenvalue weighted by molar-refractivity contribution is 6.03. The molecule has 0 N–H and O–H groups in total. The minimum Gasteiger partial charge on any atom is -0.339 e. The highest BCUT2D eigenvalue weighted by atomic mass is 19.4. The smallest absolute Gasteiger partial charge is 0.339 e. The predicted molar refractivity (Wildman–Crippen MR) is 107 cm³/mol. The quantitative estimate of drug-likeness (QED) is 0.560. The lowest BCUT2D eigenvalue weighted by Crippen LogP contribution is -2.59. The number of benzene rings is 1. The van der Waals surface area contributed by atoms with Crippen LogP contribution in [0.2, 0.25) is 0 Å². The molecule has 1 spiro atoms. The van der Waals surface area contributed by atoms with Crippen LogP contribution in [0.3, 0.4) is 0 Å². The molecule has 1 heterocycles. The molecule has 2 fully saturated rings. The summed E-state index contributed by atoms with van der Waals surface area (Å²) in [6, 6.07) is 5.56. The van der Waals surface area contributed by atoms with E-state index in [9.17, 15) is 18.0 Å². The fourth-order valence-electron chi connectivity index (χ4n) is 6.89. The molecule has 5 aliphatic rings. The first-order valence-electron chi connectivity index (χ1n) is 11.2. The molecule has 1 aromatic rings. The summed E-state index contributed by atoms with van der Waals surface area (Å²) in [7, 11) is 0. The Hall–Kier alpha value is -1.92. The maximum atomic E-state index is 13.1. The van der Waals surface area contributed by atoms with E-state index >= 15 is 0 Å². The second-order valence-electron chi connectivity index (χ2n) is 9.99. The number of allylic oxidation sites excluding steroid dienone is 1. The van der Waals surface area contributed by atoms with Crippen molar-refractivity contribution in [1.82, 2.24) is 0 Å². The number of carbonyl (C=O) groups is 1. The van der Waals surface area contributed by atoms with Gasteiger partial charge in [-0.15, -0.1) is 0 Å². The second-order valence-corrected chi connectivity index (χ2v) is 9.99. The van der Waals surface area contributed by atoms with Crippen molar-refractivity contribution in [2.45, 2.75) is 82.0 Å². The van der Waals surface area contributed by atoms with Crippen molar-refractivity contribution in [3.05, 3.63) is 57.7 Å². The topological polar surface area (TPSA) is 35.5 Å². The molecule has 3 nitrogen and oxygen atoms in total. The molecular formula is C25H25F3O3. The monoisotopic (exact) mass is 430 g/mol. The molecule has 0 amide bonds. The molecule has 4 aliphatic carbocycles. The van der Waals surface area contributed by atoms with Crippen molar-refractivity contribution in [3.8, 4) is 0 Å². The van der Waals surface area contributed by atoms with E-state index in [0.717, 1.165) is 54.4 Å². The summed E-state index contributed by atoms with van der Waals surface area (Å²) >= 11 is 0. The number of hydrogen-bond donors (Lipinski definition) is 0. The third kappa shape index (κ3) is 2.58. The van der Waals surface area contributed by atoms with Gasteiger partial charge in [-0.2, -0.15) is 13.2 Å². The van der Waals surface area contributed by atoms with Crippen LogP contribution in [0.1, 0.15) is 69.4 Å². The molecule has 6 heteroatoms. The summed E-state index contributed by atoms with van der Waals surface area (Å²) in [5.41, 5.74) is 3.87. The van der Waals surface area contributed by atoms with Gasteiger partial charge in [0.05, 0.1) is 5.56 Å². The highest BCUT2D eigenvalue weighted by Crippen LogP contribution is 2.67. The van der Waals surface area contributed by atoms with E-state index < -0.39 is 23.1 Å². The fraction of sp³-hybridized carbons (Fsp3) is 0.560. The van der Waals surface area contributed by atoms with Crippen LogP contribution in [0.5, 0.6) is 0 Å². The first kappa shape index (κ1) is 19.7. The van der Waals surface area contributed by atoms with Crippen LogP contribution in [0.15, 0.2) is 46.6 Å². The van der Waals surface area contributed by atoms with Crippen LogP contribution >= 0.6 is 0 Å². The van der Waals surface area contributed by atoms with Gasteiger partial charge in [-0.3, -0.25) is 4.79 Å². The summed E-state index contributed by atoms with van der Waals surface area (Å²) in [5.74, 6) is -0.483. The highest BCUT2D eigenvalue weighted by Gasteiger charge is 2.69. The third-order valence-electron chi connectivity index (χ3n) is 7.79. The zero-order valence-electron chi connectivity index (χ0n) is 17.6. The number of rotatable bonds is 1. The van der Waals surface area contributed by atoms with Crippen molar-refractivity contribution >= 4 is 5.78 Å². The van der Waals surface area contributed by atoms with Gasteiger partial charge in [0.2, 0.25) is 0 Å². The van der Waals surface area contributed by atoms with Gasteiger partial charge in [0, 0.05) is 17.9 Å². The fourth-order valence-corrected chi connectivity index (χ4v) is 6.89. The largest absolute Gasteiger partial charge is 0.416 e. The van der Waals surface area contributed by atoms with Gasteiger partial charge in [-0.1, -0.05) is 17.7 Å². The lowest BCUT2D eigenvalue weighted by atomic mass is 9.49. The minimum absolute atomic E-state index is 0.0641. The molecule has 6 rings (SSSR count). The van der Waals surface area contributed by atoms with Gasteiger partial charge >= 0.3 is 6.18 Å². The second kappa shape index (κ2) is 6.10. The standard InChI is InChI=1S/C25H25F3O3/c1-23(2)30-22-20-19-15(5-3-7-17(19)29)18(13-8-10-14(11-9-13)25(26,27)28)16-6-4-12-24(22,31-23)21(16)20/h8-11,16,18,22H,3-7,12H2,1-2H3/t16-,18+,22-,24+/m0/s1. The van der Waals surface area contributed by atoms with E-state index in [1.54, 1.807) is 12.1 Å². The van der Waals surface area contributed by atoms with Crippen LogP contribution in [-0.2, 0) is 20.4 Å². The van der Waals surface area contributed by atoms with Gasteiger partial charge in [-0.05, 0) is 80.7 Å². The van der Waals surface area contributed by atoms with Gasteiger partial charge in [0.25, 0.3) is 0 Å². The maximum Gasteiger partial charge on any atom is 0.416 e. The van der Waals surface area contributed by atoms with Crippen molar-refractivity contribution < 1.29 is 27.4 Å². The molecule has 4 atom stereocenters. The molecule has 31 heavy (non-hydrogen) atoms. The molecule has 0 radical (unpaired) electrons. The molecule has 1 saturated carbocycles. The summed E-state index contributed by atoms with van der Waals surface area (Å²) in [6.07, 6.45) is 0.353. The molecule has 1 saturated heterocycles. The molecule has 0 unspecified atom stereocenters. The number of Topliss-reactive ketones (excluding diaryl/α,β-unsaturated/α-hetero) is 1. The zero-order chi connectivity index (χ0) is 21.8. The molecule has 1 aromatic carbocycles. The number of ether oxygens (including phenoxy) is 2. The Morgan fingerprint density at radius 2 is 1.81 bits per heavy atom. The maximum absolute atomic E-state index is 13.1. The van der Waals surface area contributed by atoms with E-state index in [-0.39, 0.29) is 23.7 Å². The number of hydrogen-bond acceptors (Lipinski definition) is 3. The van der Waals surface area contributed by atoms with Crippen molar-refractivity contribution in [1.29, 1.82) is 0 Å². The Bertz CT molecular complexity index is 1050. The van der Waals surface area contributed by atoms with Crippen LogP contribution in [0.4, 0.5) is 13.2 Å². The molecular weight excluding hydrogens is 405 g/mol. The Kier molecular flexibility index (Phi) is 3.89. The van der Waals surface area contributed by atoms with Gasteiger partial charge in [-0.25, -0.2) is 0 Å². The van der Waals surface area contributed by atoms with Crippen molar-refractivity contribution in [3.63, 3.8) is 0 Å². The Morgan fingerprint density at radius 1 is 1.06 bits per heavy atom. The van der Waals surface area contributed by atoms with Crippen LogP contribution < -0.4 is 0 Å². The van der Waals surface area contributed by atoms with Gasteiger partial charge in [0.1, 0.15) is 11.7 Å². The number of ketones is 1. The lowest BCUT2D eigenvalue weighted by Gasteiger charge is -2.57. The normalized spacial score (nSPS) is 36.0. The Labute approximate surface area is 179 Å². The van der Waals surface area contributed by atoms with Gasteiger partial charge in [0.15, 0.2) is 11.6 Å². The zero-order valence-corrected chi connectivity index (χ0v) is 17.6. The number of fused-ring (bicyclic) bond motifs is 2. The first-order valence-corrected chi connectivity index (χ1v) is 11.2. The first-order chi connectivity index (χ1) is 14.6. The third-order valence-corrected chi connectivity index (χ3v) is 7.79. The Balaban J connectivity index is 1.51. The Morgan fingerprint density at radius 3 is 2.52 bits per heavy atom. The number of carbonyl (C=O) groups excluding carboxylic acids is 1. The average Bonchev–Trinajstić information content (AvgIpc) is 2.91. The van der Waals surface area contributed by atoms with Gasteiger partial charge < -0.3 is 9.47 Å².